The summed E-state index contributed by atoms with van der Waals surface area (Å²) in [6, 6.07) is 5.61. The molecule has 0 aliphatic rings. The van der Waals surface area contributed by atoms with Crippen molar-refractivity contribution in [1.29, 1.82) is 0 Å². The molecule has 4 heteroatoms. The van der Waals surface area contributed by atoms with Crippen molar-refractivity contribution in [2.45, 2.75) is 13.8 Å². The normalized spacial score (nSPS) is 10.8. The van der Waals surface area contributed by atoms with E-state index >= 15 is 0 Å². The maximum atomic E-state index is 10.5. The lowest BCUT2D eigenvalue weighted by molar-refractivity contribution is -0.131. The molecule has 1 aromatic carbocycles. The van der Waals surface area contributed by atoms with Crippen LogP contribution in [0, 0.1) is 6.92 Å². The number of carboxylic acids is 1. The summed E-state index contributed by atoms with van der Waals surface area (Å²) in [4.78, 5) is 10.5. The monoisotopic (exact) mass is 250 g/mol. The van der Waals surface area contributed by atoms with Crippen molar-refractivity contribution in [2.24, 2.45) is 0 Å². The standard InChI is InChI=1S/C14H18O4/c1-3-17-9-10-18-14-11(2)5-4-6-12(14)7-8-13(15)16/h4-8H,3,9-10H2,1-2H3,(H,15,16)/b8-7+. The van der Waals surface area contributed by atoms with Gasteiger partial charge in [-0.1, -0.05) is 18.2 Å². The lowest BCUT2D eigenvalue weighted by atomic mass is 10.1. The highest BCUT2D eigenvalue weighted by Gasteiger charge is 2.04. The number of aryl methyl sites for hydroxylation is 1. The van der Waals surface area contributed by atoms with Gasteiger partial charge in [-0.05, 0) is 25.5 Å². The van der Waals surface area contributed by atoms with Gasteiger partial charge in [0.1, 0.15) is 12.4 Å². The first-order valence-electron chi connectivity index (χ1n) is 5.86. The molecule has 1 aromatic rings. The molecule has 0 bridgehead atoms. The third-order valence-electron chi connectivity index (χ3n) is 2.33. The second kappa shape index (κ2) is 7.50. The first kappa shape index (κ1) is 14.3. The third-order valence-corrected chi connectivity index (χ3v) is 2.33. The average molecular weight is 250 g/mol. The Morgan fingerprint density at radius 1 is 1.39 bits per heavy atom. The van der Waals surface area contributed by atoms with E-state index < -0.39 is 5.97 Å². The number of para-hydroxylation sites is 1. The van der Waals surface area contributed by atoms with Gasteiger partial charge in [-0.3, -0.25) is 0 Å². The van der Waals surface area contributed by atoms with Crippen LogP contribution in [-0.2, 0) is 9.53 Å². The second-order valence-corrected chi connectivity index (χ2v) is 3.71. The Morgan fingerprint density at radius 3 is 2.83 bits per heavy atom. The molecule has 1 N–H and O–H groups in total. The molecule has 0 fully saturated rings. The summed E-state index contributed by atoms with van der Waals surface area (Å²) >= 11 is 0. The van der Waals surface area contributed by atoms with E-state index in [9.17, 15) is 4.79 Å². The van der Waals surface area contributed by atoms with Gasteiger partial charge < -0.3 is 14.6 Å². The number of rotatable bonds is 7. The first-order chi connectivity index (χ1) is 8.65. The Bertz CT molecular complexity index is 424. The minimum Gasteiger partial charge on any atom is -0.490 e. The van der Waals surface area contributed by atoms with E-state index in [4.69, 9.17) is 14.6 Å². The van der Waals surface area contributed by atoms with Gasteiger partial charge in [-0.25, -0.2) is 4.79 Å². The highest BCUT2D eigenvalue weighted by molar-refractivity contribution is 5.86. The van der Waals surface area contributed by atoms with Gasteiger partial charge in [0.15, 0.2) is 0 Å². The average Bonchev–Trinajstić information content (AvgIpc) is 2.34. The minimum atomic E-state index is -0.975. The number of hydrogen-bond donors (Lipinski definition) is 1. The van der Waals surface area contributed by atoms with Crippen LogP contribution < -0.4 is 4.74 Å². The fourth-order valence-corrected chi connectivity index (χ4v) is 1.51. The van der Waals surface area contributed by atoms with E-state index in [1.54, 1.807) is 0 Å². The largest absolute Gasteiger partial charge is 0.490 e. The maximum absolute atomic E-state index is 10.5. The topological polar surface area (TPSA) is 55.8 Å². The zero-order chi connectivity index (χ0) is 13.4. The van der Waals surface area contributed by atoms with E-state index in [0.29, 0.717) is 25.6 Å². The highest BCUT2D eigenvalue weighted by atomic mass is 16.5. The second-order valence-electron chi connectivity index (χ2n) is 3.71. The molecule has 1 rings (SSSR count). The van der Waals surface area contributed by atoms with Crippen molar-refractivity contribution in [1.82, 2.24) is 0 Å². The Labute approximate surface area is 107 Å². The van der Waals surface area contributed by atoms with Gasteiger partial charge in [0.2, 0.25) is 0 Å². The van der Waals surface area contributed by atoms with Crippen LogP contribution in [0.15, 0.2) is 24.3 Å². The van der Waals surface area contributed by atoms with Crippen LogP contribution in [-0.4, -0.2) is 30.9 Å². The van der Waals surface area contributed by atoms with E-state index in [1.807, 2.05) is 32.0 Å². The lowest BCUT2D eigenvalue weighted by Crippen LogP contribution is -2.07. The van der Waals surface area contributed by atoms with Crippen LogP contribution in [0.5, 0.6) is 5.75 Å². The summed E-state index contributed by atoms with van der Waals surface area (Å²) in [6.07, 6.45) is 2.63. The molecule has 18 heavy (non-hydrogen) atoms. The predicted octanol–water partition coefficient (Wildman–Crippen LogP) is 2.51. The Hall–Kier alpha value is -1.81. The molecule has 0 aliphatic carbocycles. The van der Waals surface area contributed by atoms with Crippen molar-refractivity contribution >= 4 is 12.0 Å². The molecular weight excluding hydrogens is 232 g/mol. The molecule has 0 amide bonds. The smallest absolute Gasteiger partial charge is 0.328 e. The molecule has 0 unspecified atom stereocenters. The van der Waals surface area contributed by atoms with Gasteiger partial charge >= 0.3 is 5.97 Å². The Balaban J connectivity index is 2.77. The van der Waals surface area contributed by atoms with Crippen LogP contribution in [0.3, 0.4) is 0 Å². The number of carboxylic acid groups (broad SMARTS) is 1. The number of ether oxygens (including phenoxy) is 2. The molecule has 0 aromatic heterocycles. The molecule has 0 spiro atoms. The number of benzene rings is 1. The van der Waals surface area contributed by atoms with Gasteiger partial charge in [-0.2, -0.15) is 0 Å². The quantitative estimate of drug-likeness (QED) is 0.596. The zero-order valence-electron chi connectivity index (χ0n) is 10.7. The Morgan fingerprint density at radius 2 is 2.17 bits per heavy atom. The molecule has 0 heterocycles. The Kier molecular flexibility index (Phi) is 5.94. The SMILES string of the molecule is CCOCCOc1c(C)cccc1/C=C/C(=O)O. The van der Waals surface area contributed by atoms with E-state index in [2.05, 4.69) is 0 Å². The number of carbonyl (C=O) groups is 1. The summed E-state index contributed by atoms with van der Waals surface area (Å²) in [5.74, 6) is -0.272. The molecule has 4 nitrogen and oxygen atoms in total. The van der Waals surface area contributed by atoms with Gasteiger partial charge in [-0.15, -0.1) is 0 Å². The summed E-state index contributed by atoms with van der Waals surface area (Å²) in [6.45, 7) is 5.48. The molecule has 0 atom stereocenters. The molecule has 0 saturated carbocycles. The maximum Gasteiger partial charge on any atom is 0.328 e. The minimum absolute atomic E-state index is 0.451. The van der Waals surface area contributed by atoms with Crippen molar-refractivity contribution in [3.05, 3.63) is 35.4 Å². The summed E-state index contributed by atoms with van der Waals surface area (Å²) in [5.41, 5.74) is 1.73. The van der Waals surface area contributed by atoms with Crippen molar-refractivity contribution in [3.8, 4) is 5.75 Å². The highest BCUT2D eigenvalue weighted by Crippen LogP contribution is 2.24. The van der Waals surface area contributed by atoms with E-state index in [0.717, 1.165) is 17.2 Å². The van der Waals surface area contributed by atoms with Gasteiger partial charge in [0, 0.05) is 18.2 Å². The fourth-order valence-electron chi connectivity index (χ4n) is 1.51. The predicted molar refractivity (Wildman–Crippen MR) is 69.8 cm³/mol. The third kappa shape index (κ3) is 4.59. The lowest BCUT2D eigenvalue weighted by Gasteiger charge is -2.12. The van der Waals surface area contributed by atoms with Crippen LogP contribution in [0.4, 0.5) is 0 Å². The summed E-state index contributed by atoms with van der Waals surface area (Å²) in [5, 5.41) is 8.63. The zero-order valence-corrected chi connectivity index (χ0v) is 10.7. The van der Waals surface area contributed by atoms with Crippen LogP contribution in [0.2, 0.25) is 0 Å². The molecular formula is C14H18O4. The molecule has 0 saturated heterocycles. The van der Waals surface area contributed by atoms with Crippen molar-refractivity contribution in [3.63, 3.8) is 0 Å². The van der Waals surface area contributed by atoms with Gasteiger partial charge in [0.25, 0.3) is 0 Å². The van der Waals surface area contributed by atoms with Gasteiger partial charge in [0.05, 0.1) is 6.61 Å². The van der Waals surface area contributed by atoms with Crippen LogP contribution in [0.1, 0.15) is 18.1 Å². The number of hydrogen-bond acceptors (Lipinski definition) is 3. The van der Waals surface area contributed by atoms with E-state index in [-0.39, 0.29) is 0 Å². The van der Waals surface area contributed by atoms with E-state index in [1.165, 1.54) is 6.08 Å². The van der Waals surface area contributed by atoms with Crippen LogP contribution in [0.25, 0.3) is 6.08 Å². The van der Waals surface area contributed by atoms with Crippen molar-refractivity contribution in [2.75, 3.05) is 19.8 Å². The molecule has 0 aliphatic heterocycles. The number of aliphatic carboxylic acids is 1. The fraction of sp³-hybridized carbons (Fsp3) is 0.357. The summed E-state index contributed by atoms with van der Waals surface area (Å²) < 4.78 is 10.8. The first-order valence-corrected chi connectivity index (χ1v) is 5.86. The van der Waals surface area contributed by atoms with Crippen molar-refractivity contribution < 1.29 is 19.4 Å². The summed E-state index contributed by atoms with van der Waals surface area (Å²) in [7, 11) is 0. The van der Waals surface area contributed by atoms with Crippen LogP contribution >= 0.6 is 0 Å². The molecule has 0 radical (unpaired) electrons. The molecule has 98 valence electrons.